The highest BCUT2D eigenvalue weighted by atomic mass is 32.2. The second-order valence-corrected chi connectivity index (χ2v) is 9.01. The molecule has 8 heteroatoms. The lowest BCUT2D eigenvalue weighted by molar-refractivity contribution is 0.102. The number of benzene rings is 2. The fourth-order valence-electron chi connectivity index (χ4n) is 2.77. The lowest BCUT2D eigenvalue weighted by atomic mass is 10.2. The smallest absolute Gasteiger partial charge is 0.256 e. The molecular weight excluding hydrogens is 388 g/mol. The van der Waals surface area contributed by atoms with Gasteiger partial charge in [0.05, 0.1) is 16.3 Å². The van der Waals surface area contributed by atoms with Crippen LogP contribution in [0.3, 0.4) is 0 Å². The van der Waals surface area contributed by atoms with E-state index in [1.54, 1.807) is 24.6 Å². The Morgan fingerprint density at radius 3 is 2.28 bits per heavy atom. The van der Waals surface area contributed by atoms with E-state index in [1.807, 2.05) is 37.3 Å². The molecule has 0 bridgehead atoms. The number of anilines is 1. The van der Waals surface area contributed by atoms with Crippen molar-refractivity contribution in [1.82, 2.24) is 14.1 Å². The van der Waals surface area contributed by atoms with Crippen molar-refractivity contribution in [3.05, 3.63) is 71.9 Å². The van der Waals surface area contributed by atoms with Crippen molar-refractivity contribution in [1.29, 1.82) is 0 Å². The van der Waals surface area contributed by atoms with Gasteiger partial charge < -0.3 is 5.32 Å². The van der Waals surface area contributed by atoms with Gasteiger partial charge in [0.1, 0.15) is 5.82 Å². The fourth-order valence-corrected chi connectivity index (χ4v) is 4.13. The molecule has 0 aliphatic heterocycles. The summed E-state index contributed by atoms with van der Waals surface area (Å²) in [7, 11) is -2.06. The van der Waals surface area contributed by atoms with Crippen molar-refractivity contribution in [2.45, 2.75) is 31.7 Å². The molecule has 0 aliphatic carbocycles. The van der Waals surface area contributed by atoms with Gasteiger partial charge in [0, 0.05) is 24.7 Å². The largest absolute Gasteiger partial charge is 0.306 e. The highest BCUT2D eigenvalue weighted by Gasteiger charge is 2.23. The molecule has 1 N–H and O–H groups in total. The van der Waals surface area contributed by atoms with Crippen molar-refractivity contribution in [2.24, 2.45) is 0 Å². The molecular formula is C21H24N4O3S. The Hall–Kier alpha value is -2.97. The van der Waals surface area contributed by atoms with Crippen LogP contribution in [0.2, 0.25) is 0 Å². The summed E-state index contributed by atoms with van der Waals surface area (Å²) in [6, 6.07) is 17.0. The molecule has 0 atom stereocenters. The number of carbonyl (C=O) groups excluding carboxylic acids is 1. The van der Waals surface area contributed by atoms with Gasteiger partial charge in [-0.05, 0) is 57.2 Å². The Morgan fingerprint density at radius 2 is 1.69 bits per heavy atom. The van der Waals surface area contributed by atoms with E-state index < -0.39 is 10.0 Å². The van der Waals surface area contributed by atoms with Crippen LogP contribution < -0.4 is 5.32 Å². The zero-order valence-electron chi connectivity index (χ0n) is 16.8. The molecule has 152 valence electrons. The van der Waals surface area contributed by atoms with Gasteiger partial charge in [-0.2, -0.15) is 9.40 Å². The second kappa shape index (κ2) is 8.18. The molecule has 0 unspecified atom stereocenters. The van der Waals surface area contributed by atoms with Crippen molar-refractivity contribution in [2.75, 3.05) is 12.4 Å². The molecule has 1 heterocycles. The first-order valence-electron chi connectivity index (χ1n) is 9.21. The average molecular weight is 413 g/mol. The Kier molecular flexibility index (Phi) is 5.86. The van der Waals surface area contributed by atoms with E-state index in [0.29, 0.717) is 11.4 Å². The number of sulfonamides is 1. The highest BCUT2D eigenvalue weighted by molar-refractivity contribution is 7.89. The number of amides is 1. The van der Waals surface area contributed by atoms with E-state index in [4.69, 9.17) is 0 Å². The maximum absolute atomic E-state index is 12.7. The Bertz CT molecular complexity index is 1100. The fraction of sp³-hybridized carbons (Fsp3) is 0.238. The van der Waals surface area contributed by atoms with Gasteiger partial charge in [0.15, 0.2) is 0 Å². The minimum absolute atomic E-state index is 0.149. The number of aryl methyl sites for hydroxylation is 1. The third-order valence-electron chi connectivity index (χ3n) is 4.59. The minimum Gasteiger partial charge on any atom is -0.306 e. The van der Waals surface area contributed by atoms with E-state index in [9.17, 15) is 13.2 Å². The number of carbonyl (C=O) groups is 1. The second-order valence-electron chi connectivity index (χ2n) is 7.01. The molecule has 0 saturated carbocycles. The van der Waals surface area contributed by atoms with Gasteiger partial charge in [0.25, 0.3) is 5.91 Å². The van der Waals surface area contributed by atoms with Crippen LogP contribution in [0.15, 0.2) is 65.6 Å². The number of hydrogen-bond donors (Lipinski definition) is 1. The zero-order chi connectivity index (χ0) is 21.2. The van der Waals surface area contributed by atoms with Gasteiger partial charge in [-0.1, -0.05) is 18.2 Å². The van der Waals surface area contributed by atoms with Crippen molar-refractivity contribution >= 4 is 21.7 Å². The van der Waals surface area contributed by atoms with Gasteiger partial charge in [-0.3, -0.25) is 4.79 Å². The summed E-state index contributed by atoms with van der Waals surface area (Å²) < 4.78 is 28.1. The molecule has 0 aliphatic rings. The average Bonchev–Trinajstić information content (AvgIpc) is 3.08. The van der Waals surface area contributed by atoms with Crippen LogP contribution >= 0.6 is 0 Å². The van der Waals surface area contributed by atoms with Gasteiger partial charge in [-0.25, -0.2) is 13.1 Å². The Balaban J connectivity index is 1.83. The maximum Gasteiger partial charge on any atom is 0.256 e. The Labute approximate surface area is 171 Å². The normalized spacial score (nSPS) is 11.8. The minimum atomic E-state index is -3.59. The number of nitrogens with one attached hydrogen (secondary N) is 1. The molecule has 0 fully saturated rings. The van der Waals surface area contributed by atoms with E-state index in [2.05, 4.69) is 10.4 Å². The van der Waals surface area contributed by atoms with E-state index in [0.717, 1.165) is 11.4 Å². The van der Waals surface area contributed by atoms with Crippen LogP contribution in [0, 0.1) is 6.92 Å². The van der Waals surface area contributed by atoms with Crippen LogP contribution in [0.5, 0.6) is 0 Å². The molecule has 3 aromatic rings. The number of para-hydroxylation sites is 1. The summed E-state index contributed by atoms with van der Waals surface area (Å²) in [5.74, 6) is 0.193. The van der Waals surface area contributed by atoms with Crippen LogP contribution in [0.1, 0.15) is 29.9 Å². The molecule has 7 nitrogen and oxygen atoms in total. The number of aromatic nitrogens is 2. The summed E-state index contributed by atoms with van der Waals surface area (Å²) in [5, 5.41) is 7.27. The molecule has 1 amide bonds. The lowest BCUT2D eigenvalue weighted by Crippen LogP contribution is -2.33. The predicted octanol–water partition coefficient (Wildman–Crippen LogP) is 3.46. The van der Waals surface area contributed by atoms with Crippen LogP contribution in [-0.4, -0.2) is 41.5 Å². The van der Waals surface area contributed by atoms with Crippen molar-refractivity contribution in [3.63, 3.8) is 0 Å². The van der Waals surface area contributed by atoms with Gasteiger partial charge in [0.2, 0.25) is 10.0 Å². The first kappa shape index (κ1) is 20.8. The number of nitrogens with zero attached hydrogens (tertiary/aromatic N) is 3. The zero-order valence-corrected chi connectivity index (χ0v) is 17.6. The van der Waals surface area contributed by atoms with E-state index >= 15 is 0 Å². The first-order chi connectivity index (χ1) is 13.7. The summed E-state index contributed by atoms with van der Waals surface area (Å²) >= 11 is 0. The number of rotatable bonds is 6. The van der Waals surface area contributed by atoms with Crippen molar-refractivity contribution < 1.29 is 13.2 Å². The van der Waals surface area contributed by atoms with Gasteiger partial charge in [-0.15, -0.1) is 0 Å². The van der Waals surface area contributed by atoms with Gasteiger partial charge >= 0.3 is 0 Å². The summed E-state index contributed by atoms with van der Waals surface area (Å²) in [6.07, 6.45) is 0. The first-order valence-corrected chi connectivity index (χ1v) is 10.7. The summed E-state index contributed by atoms with van der Waals surface area (Å²) in [4.78, 5) is 12.8. The Morgan fingerprint density at radius 1 is 1.07 bits per heavy atom. The predicted molar refractivity (Wildman–Crippen MR) is 113 cm³/mol. The molecule has 29 heavy (non-hydrogen) atoms. The monoisotopic (exact) mass is 412 g/mol. The lowest BCUT2D eigenvalue weighted by Gasteiger charge is -2.21. The van der Waals surface area contributed by atoms with Crippen LogP contribution in [0.25, 0.3) is 5.69 Å². The van der Waals surface area contributed by atoms with Crippen LogP contribution in [-0.2, 0) is 10.0 Å². The molecule has 0 saturated heterocycles. The highest BCUT2D eigenvalue weighted by Crippen LogP contribution is 2.20. The SMILES string of the molecule is Cc1cc(NC(=O)c2ccc(S(=O)(=O)N(C)C(C)C)cc2)n(-c2ccccc2)n1. The third-order valence-corrected chi connectivity index (χ3v) is 6.64. The van der Waals surface area contributed by atoms with E-state index in [1.165, 1.54) is 35.6 Å². The van der Waals surface area contributed by atoms with Crippen LogP contribution in [0.4, 0.5) is 5.82 Å². The maximum atomic E-state index is 12.7. The third kappa shape index (κ3) is 4.38. The summed E-state index contributed by atoms with van der Waals surface area (Å²) in [5.41, 5.74) is 1.95. The van der Waals surface area contributed by atoms with E-state index in [-0.39, 0.29) is 16.8 Å². The molecule has 1 aromatic heterocycles. The number of hydrogen-bond acceptors (Lipinski definition) is 4. The quantitative estimate of drug-likeness (QED) is 0.672. The molecule has 0 spiro atoms. The topological polar surface area (TPSA) is 84.3 Å². The standard InChI is InChI=1S/C21H24N4O3S/c1-15(2)24(4)29(27,28)19-12-10-17(11-13-19)21(26)22-20-14-16(3)23-25(20)18-8-6-5-7-9-18/h5-15H,1-4H3,(H,22,26). The molecule has 3 rings (SSSR count). The molecule has 2 aromatic carbocycles. The summed E-state index contributed by atoms with van der Waals surface area (Å²) in [6.45, 7) is 5.45. The molecule has 0 radical (unpaired) electrons. The van der Waals surface area contributed by atoms with Crippen molar-refractivity contribution in [3.8, 4) is 5.69 Å².